The van der Waals surface area contributed by atoms with Crippen LogP contribution in [0.1, 0.15) is 62.5 Å². The molecule has 1 heterocycles. The number of guanidine groups is 1. The molecule has 1 aliphatic heterocycles. The highest BCUT2D eigenvalue weighted by Crippen LogP contribution is 2.54. The van der Waals surface area contributed by atoms with Gasteiger partial charge in [-0.15, -0.1) is 0 Å². The third-order valence-corrected chi connectivity index (χ3v) is 9.99. The van der Waals surface area contributed by atoms with Gasteiger partial charge >= 0.3 is 0 Å². The summed E-state index contributed by atoms with van der Waals surface area (Å²) in [5.74, 6) is 3.73. The SMILES string of the molecule is C[C@H]1CN(/C(=N/C2C3CC4CC(C3)CC2C4)Nc2ccc(C(CC(N)=O)c3ccc(Cl)cc3Cl)cc2)CCN1. The molecule has 0 spiro atoms. The maximum absolute atomic E-state index is 12.0. The second kappa shape index (κ2) is 11.3. The number of rotatable bonds is 6. The number of hydrogen-bond acceptors (Lipinski definition) is 3. The lowest BCUT2D eigenvalue weighted by Crippen LogP contribution is -2.54. The van der Waals surface area contributed by atoms with E-state index in [9.17, 15) is 4.79 Å². The van der Waals surface area contributed by atoms with Gasteiger partial charge in [-0.1, -0.05) is 41.4 Å². The lowest BCUT2D eigenvalue weighted by molar-refractivity contribution is -0.118. The number of hydrogen-bond donors (Lipinski definition) is 3. The van der Waals surface area contributed by atoms with E-state index in [2.05, 4.69) is 46.7 Å². The number of nitrogens with zero attached hydrogens (tertiary/aromatic N) is 2. The van der Waals surface area contributed by atoms with E-state index in [1.165, 1.54) is 32.1 Å². The van der Waals surface area contributed by atoms with Gasteiger partial charge in [0.1, 0.15) is 0 Å². The van der Waals surface area contributed by atoms with Crippen LogP contribution < -0.4 is 16.4 Å². The Morgan fingerprint density at radius 3 is 2.38 bits per heavy atom. The molecule has 5 aliphatic rings. The van der Waals surface area contributed by atoms with Gasteiger partial charge in [0.15, 0.2) is 5.96 Å². The van der Waals surface area contributed by atoms with E-state index in [4.69, 9.17) is 33.9 Å². The fraction of sp³-hybridized carbons (Fsp3) is 0.548. The largest absolute Gasteiger partial charge is 0.370 e. The first-order valence-electron chi connectivity index (χ1n) is 14.5. The maximum atomic E-state index is 12.0. The molecule has 1 saturated heterocycles. The van der Waals surface area contributed by atoms with Gasteiger partial charge in [-0.05, 0) is 98.1 Å². The van der Waals surface area contributed by atoms with Crippen LogP contribution in [0.25, 0.3) is 0 Å². The molecule has 208 valence electrons. The standard InChI is InChI=1S/C31H39Cl2N5O/c1-18-17-38(9-8-35-18)31(37-30-22-11-19-10-20(13-22)14-23(30)12-19)36-25-5-2-21(3-6-25)27(16-29(34)39)26-7-4-24(32)15-28(26)33/h2-7,15,18-20,22-23,27,30,35H,8-14,16-17H2,1H3,(H2,34,39)(H,36,37)/t18-,19?,20?,22?,23?,27?,30?/m0/s1. The topological polar surface area (TPSA) is 82.8 Å². The van der Waals surface area contributed by atoms with Crippen LogP contribution in [0, 0.1) is 23.7 Å². The number of primary amides is 1. The van der Waals surface area contributed by atoms with Gasteiger partial charge in [0.05, 0.1) is 6.04 Å². The van der Waals surface area contributed by atoms with Crippen LogP contribution in [0.3, 0.4) is 0 Å². The highest BCUT2D eigenvalue weighted by atomic mass is 35.5. The number of piperazine rings is 1. The molecule has 2 aromatic carbocycles. The van der Waals surface area contributed by atoms with Crippen molar-refractivity contribution in [1.82, 2.24) is 10.2 Å². The molecule has 0 aromatic heterocycles. The molecule has 0 radical (unpaired) electrons. The number of carbonyl (C=O) groups excluding carboxylic acids is 1. The molecule has 1 amide bonds. The number of amides is 1. The van der Waals surface area contributed by atoms with Crippen molar-refractivity contribution in [2.24, 2.45) is 34.4 Å². The summed E-state index contributed by atoms with van der Waals surface area (Å²) >= 11 is 12.6. The molecule has 2 aromatic rings. The van der Waals surface area contributed by atoms with E-state index in [1.807, 2.05) is 6.07 Å². The molecule has 4 bridgehead atoms. The zero-order valence-corrected chi connectivity index (χ0v) is 24.1. The first kappa shape index (κ1) is 26.9. The summed E-state index contributed by atoms with van der Waals surface area (Å²) in [7, 11) is 0. The number of carbonyl (C=O) groups is 1. The normalized spacial score (nSPS) is 30.8. The van der Waals surface area contributed by atoms with E-state index in [0.717, 1.165) is 66.1 Å². The molecule has 8 heteroatoms. The molecular weight excluding hydrogens is 529 g/mol. The number of nitrogens with two attached hydrogens (primary N) is 1. The Morgan fingerprint density at radius 1 is 1.08 bits per heavy atom. The van der Waals surface area contributed by atoms with Gasteiger partial charge in [0.2, 0.25) is 5.91 Å². The Morgan fingerprint density at radius 2 is 1.77 bits per heavy atom. The summed E-state index contributed by atoms with van der Waals surface area (Å²) in [5, 5.41) is 8.37. The number of anilines is 1. The van der Waals surface area contributed by atoms with Crippen LogP contribution in [0.5, 0.6) is 0 Å². The monoisotopic (exact) mass is 567 g/mol. The minimum Gasteiger partial charge on any atom is -0.370 e. The molecule has 2 atom stereocenters. The minimum absolute atomic E-state index is 0.173. The Bertz CT molecular complexity index is 1200. The van der Waals surface area contributed by atoms with Crippen molar-refractivity contribution in [3.8, 4) is 0 Å². The highest BCUT2D eigenvalue weighted by Gasteiger charge is 2.48. The summed E-state index contributed by atoms with van der Waals surface area (Å²) in [4.78, 5) is 19.9. The third-order valence-electron chi connectivity index (χ3n) is 9.43. The maximum Gasteiger partial charge on any atom is 0.218 e. The third kappa shape index (κ3) is 5.94. The van der Waals surface area contributed by atoms with E-state index in [-0.39, 0.29) is 18.2 Å². The summed E-state index contributed by atoms with van der Waals surface area (Å²) in [6.07, 6.45) is 7.05. The molecule has 6 nitrogen and oxygen atoms in total. The first-order valence-corrected chi connectivity index (χ1v) is 15.2. The van der Waals surface area contributed by atoms with Crippen LogP contribution in [0.2, 0.25) is 10.0 Å². The predicted molar refractivity (Wildman–Crippen MR) is 159 cm³/mol. The van der Waals surface area contributed by atoms with Gasteiger partial charge in [-0.3, -0.25) is 4.79 Å². The van der Waals surface area contributed by atoms with Gasteiger partial charge in [-0.2, -0.15) is 0 Å². The first-order chi connectivity index (χ1) is 18.8. The van der Waals surface area contributed by atoms with Crippen LogP contribution >= 0.6 is 23.2 Å². The van der Waals surface area contributed by atoms with Gasteiger partial charge in [0, 0.05) is 53.7 Å². The summed E-state index contributed by atoms with van der Waals surface area (Å²) in [5.41, 5.74) is 8.45. The van der Waals surface area contributed by atoms with E-state index < -0.39 is 0 Å². The Kier molecular flexibility index (Phi) is 7.80. The lowest BCUT2D eigenvalue weighted by atomic mass is 9.54. The van der Waals surface area contributed by atoms with Crippen molar-refractivity contribution in [3.05, 3.63) is 63.6 Å². The van der Waals surface area contributed by atoms with Crippen molar-refractivity contribution in [3.63, 3.8) is 0 Å². The molecule has 7 rings (SSSR count). The number of aliphatic imine (C=N–C) groups is 1. The fourth-order valence-electron chi connectivity index (χ4n) is 7.89. The van der Waals surface area contributed by atoms with E-state index >= 15 is 0 Å². The number of halogens is 2. The van der Waals surface area contributed by atoms with Crippen molar-refractivity contribution in [2.75, 3.05) is 25.0 Å². The van der Waals surface area contributed by atoms with Crippen molar-refractivity contribution >= 4 is 40.8 Å². The lowest BCUT2D eigenvalue weighted by Gasteiger charge is -2.53. The second-order valence-corrected chi connectivity index (χ2v) is 13.2. The minimum atomic E-state index is -0.369. The second-order valence-electron chi connectivity index (χ2n) is 12.3. The smallest absolute Gasteiger partial charge is 0.218 e. The fourth-order valence-corrected chi connectivity index (χ4v) is 8.43. The number of benzene rings is 2. The van der Waals surface area contributed by atoms with Crippen LogP contribution in [-0.2, 0) is 4.79 Å². The van der Waals surface area contributed by atoms with Crippen molar-refractivity contribution in [1.29, 1.82) is 0 Å². The van der Waals surface area contributed by atoms with Gasteiger partial charge in [-0.25, -0.2) is 4.99 Å². The molecule has 4 saturated carbocycles. The molecule has 39 heavy (non-hydrogen) atoms. The number of nitrogens with one attached hydrogen (secondary N) is 2. The van der Waals surface area contributed by atoms with Crippen molar-refractivity contribution in [2.45, 2.75) is 63.5 Å². The van der Waals surface area contributed by atoms with Crippen LogP contribution in [-0.4, -0.2) is 48.5 Å². The average Bonchev–Trinajstić information content (AvgIpc) is 2.89. The Balaban J connectivity index is 1.26. The summed E-state index contributed by atoms with van der Waals surface area (Å²) < 4.78 is 0. The quantitative estimate of drug-likeness (QED) is 0.300. The van der Waals surface area contributed by atoms with E-state index in [1.54, 1.807) is 12.1 Å². The Hall–Kier alpha value is -2.28. The summed E-state index contributed by atoms with van der Waals surface area (Å²) in [6.45, 7) is 5.08. The zero-order valence-electron chi connectivity index (χ0n) is 22.6. The molecule has 1 unspecified atom stereocenters. The molecule has 4 aliphatic carbocycles. The van der Waals surface area contributed by atoms with Gasteiger partial charge < -0.3 is 21.3 Å². The van der Waals surface area contributed by atoms with E-state index in [0.29, 0.717) is 22.1 Å². The Labute approximate surface area is 241 Å². The van der Waals surface area contributed by atoms with Crippen LogP contribution in [0.15, 0.2) is 47.5 Å². The zero-order chi connectivity index (χ0) is 27.1. The van der Waals surface area contributed by atoms with Gasteiger partial charge in [0.25, 0.3) is 0 Å². The summed E-state index contributed by atoms with van der Waals surface area (Å²) in [6, 6.07) is 14.5. The molecule has 4 N–H and O–H groups in total. The average molecular weight is 569 g/mol. The van der Waals surface area contributed by atoms with Crippen molar-refractivity contribution < 1.29 is 4.79 Å². The molecular formula is C31H39Cl2N5O. The highest BCUT2D eigenvalue weighted by molar-refractivity contribution is 6.35. The predicted octanol–water partition coefficient (Wildman–Crippen LogP) is 5.89. The molecule has 5 fully saturated rings. The van der Waals surface area contributed by atoms with Crippen LogP contribution in [0.4, 0.5) is 5.69 Å².